The molecule has 0 unspecified atom stereocenters. The van der Waals surface area contributed by atoms with Crippen molar-refractivity contribution in [3.8, 4) is 0 Å². The molecule has 5 heteroatoms. The van der Waals surface area contributed by atoms with Crippen LogP contribution >= 0.6 is 15.9 Å². The summed E-state index contributed by atoms with van der Waals surface area (Å²) >= 11 is 3.37. The first-order chi connectivity index (χ1) is 6.37. The summed E-state index contributed by atoms with van der Waals surface area (Å²) in [5.74, 6) is 0.257. The molecule has 86 valence electrons. The van der Waals surface area contributed by atoms with Crippen molar-refractivity contribution in [3.63, 3.8) is 0 Å². The Morgan fingerprint density at radius 1 is 1.29 bits per heavy atom. The molecule has 0 aliphatic rings. The van der Waals surface area contributed by atoms with Crippen molar-refractivity contribution in [1.29, 1.82) is 0 Å². The predicted molar refractivity (Wildman–Crippen MR) is 64.8 cm³/mol. The fraction of sp³-hybridized carbons (Fsp3) is 1.00. The number of nitrogens with zero attached hydrogens (tertiary/aromatic N) is 1. The van der Waals surface area contributed by atoms with E-state index in [1.165, 1.54) is 6.26 Å². The van der Waals surface area contributed by atoms with Crippen LogP contribution in [0.4, 0.5) is 0 Å². The van der Waals surface area contributed by atoms with E-state index in [1.54, 1.807) is 0 Å². The largest absolute Gasteiger partial charge is 0.300 e. The zero-order valence-corrected chi connectivity index (χ0v) is 11.6. The third-order valence-corrected chi connectivity index (χ3v) is 3.54. The van der Waals surface area contributed by atoms with E-state index < -0.39 is 9.84 Å². The Balaban J connectivity index is 3.97. The molecule has 0 amide bonds. The maximum absolute atomic E-state index is 11.0. The lowest BCUT2D eigenvalue weighted by Gasteiger charge is -2.25. The number of halogens is 1. The van der Waals surface area contributed by atoms with Gasteiger partial charge in [0, 0.05) is 24.2 Å². The number of rotatable bonds is 7. The predicted octanol–water partition coefficient (Wildman–Crippen LogP) is 1.53. The molecule has 3 nitrogen and oxygen atoms in total. The minimum atomic E-state index is -2.83. The summed E-state index contributed by atoms with van der Waals surface area (Å²) < 4.78 is 22.0. The molecular weight excluding hydrogens is 266 g/mol. The molecule has 0 aliphatic heterocycles. The van der Waals surface area contributed by atoms with Gasteiger partial charge in [0.05, 0.1) is 5.75 Å². The average Bonchev–Trinajstić information content (AvgIpc) is 2.01. The molecule has 0 heterocycles. The van der Waals surface area contributed by atoms with Crippen LogP contribution in [0.1, 0.15) is 20.3 Å². The highest BCUT2D eigenvalue weighted by Gasteiger charge is 2.11. The summed E-state index contributed by atoms with van der Waals surface area (Å²) in [4.78, 5) is 2.20. The molecule has 0 aromatic heterocycles. The van der Waals surface area contributed by atoms with Crippen LogP contribution in [-0.4, -0.2) is 49.8 Å². The molecular formula is C9H20BrNO2S. The van der Waals surface area contributed by atoms with Gasteiger partial charge in [0.25, 0.3) is 0 Å². The zero-order chi connectivity index (χ0) is 11.2. The van der Waals surface area contributed by atoms with Gasteiger partial charge in [-0.25, -0.2) is 8.42 Å². The van der Waals surface area contributed by atoms with Crippen molar-refractivity contribution in [2.75, 3.05) is 30.4 Å². The van der Waals surface area contributed by atoms with E-state index >= 15 is 0 Å². The highest BCUT2D eigenvalue weighted by atomic mass is 79.9. The van der Waals surface area contributed by atoms with Crippen LogP contribution in [0.25, 0.3) is 0 Å². The highest BCUT2D eigenvalue weighted by molar-refractivity contribution is 9.09. The first-order valence-electron chi connectivity index (χ1n) is 4.84. The van der Waals surface area contributed by atoms with E-state index in [0.717, 1.165) is 18.3 Å². The van der Waals surface area contributed by atoms with Gasteiger partial charge in [-0.2, -0.15) is 0 Å². The van der Waals surface area contributed by atoms with E-state index in [-0.39, 0.29) is 5.75 Å². The summed E-state index contributed by atoms with van der Waals surface area (Å²) in [7, 11) is -2.83. The van der Waals surface area contributed by atoms with Gasteiger partial charge >= 0.3 is 0 Å². The Labute approximate surface area is 95.9 Å². The fourth-order valence-electron chi connectivity index (χ4n) is 1.17. The van der Waals surface area contributed by atoms with Gasteiger partial charge in [-0.15, -0.1) is 0 Å². The van der Waals surface area contributed by atoms with Crippen LogP contribution in [0, 0.1) is 0 Å². The maximum atomic E-state index is 11.0. The van der Waals surface area contributed by atoms with Gasteiger partial charge in [0.1, 0.15) is 9.84 Å². The van der Waals surface area contributed by atoms with Crippen molar-refractivity contribution in [2.24, 2.45) is 0 Å². The van der Waals surface area contributed by atoms with Crippen molar-refractivity contribution in [1.82, 2.24) is 4.90 Å². The third kappa shape index (κ3) is 7.76. The Hall–Kier alpha value is 0.390. The molecule has 0 saturated heterocycles. The van der Waals surface area contributed by atoms with Crippen molar-refractivity contribution in [3.05, 3.63) is 0 Å². The smallest absolute Gasteiger partial charge is 0.148 e. The molecule has 0 atom stereocenters. The normalized spacial score (nSPS) is 12.7. The molecule has 0 fully saturated rings. The van der Waals surface area contributed by atoms with Crippen LogP contribution < -0.4 is 0 Å². The summed E-state index contributed by atoms with van der Waals surface area (Å²) in [6.07, 6.45) is 2.35. The lowest BCUT2D eigenvalue weighted by Crippen LogP contribution is -2.35. The second-order valence-electron chi connectivity index (χ2n) is 3.80. The maximum Gasteiger partial charge on any atom is 0.148 e. The zero-order valence-electron chi connectivity index (χ0n) is 9.16. The summed E-state index contributed by atoms with van der Waals surface area (Å²) in [5.41, 5.74) is 0. The second-order valence-corrected chi connectivity index (χ2v) is 6.85. The number of alkyl halides is 1. The lowest BCUT2D eigenvalue weighted by molar-refractivity contribution is 0.236. The molecule has 0 spiro atoms. The monoisotopic (exact) mass is 285 g/mol. The van der Waals surface area contributed by atoms with Gasteiger partial charge < -0.3 is 0 Å². The summed E-state index contributed by atoms with van der Waals surface area (Å²) in [5, 5.41) is 0.967. The summed E-state index contributed by atoms with van der Waals surface area (Å²) in [6.45, 7) is 5.79. The minimum absolute atomic E-state index is 0.257. The summed E-state index contributed by atoms with van der Waals surface area (Å²) in [6, 6.07) is 0.413. The lowest BCUT2D eigenvalue weighted by atomic mass is 10.3. The molecule has 0 bridgehead atoms. The molecule has 0 aliphatic carbocycles. The fourth-order valence-corrected chi connectivity index (χ4v) is 1.99. The SMILES string of the molecule is CC(C)N(CCCBr)CCS(C)(=O)=O. The van der Waals surface area contributed by atoms with E-state index in [4.69, 9.17) is 0 Å². The molecule has 0 saturated carbocycles. The van der Waals surface area contributed by atoms with Crippen molar-refractivity contribution >= 4 is 25.8 Å². The van der Waals surface area contributed by atoms with Gasteiger partial charge in [0.15, 0.2) is 0 Å². The number of hydrogen-bond acceptors (Lipinski definition) is 3. The van der Waals surface area contributed by atoms with Crippen molar-refractivity contribution in [2.45, 2.75) is 26.3 Å². The number of hydrogen-bond donors (Lipinski definition) is 0. The van der Waals surface area contributed by atoms with Gasteiger partial charge in [-0.3, -0.25) is 4.90 Å². The van der Waals surface area contributed by atoms with Crippen LogP contribution in [0.3, 0.4) is 0 Å². The highest BCUT2D eigenvalue weighted by Crippen LogP contribution is 2.01. The quantitative estimate of drug-likeness (QED) is 0.666. The van der Waals surface area contributed by atoms with Crippen LogP contribution in [0.2, 0.25) is 0 Å². The molecule has 0 aromatic rings. The van der Waals surface area contributed by atoms with E-state index in [2.05, 4.69) is 34.7 Å². The molecule has 0 aromatic carbocycles. The van der Waals surface area contributed by atoms with Crippen molar-refractivity contribution < 1.29 is 8.42 Å². The van der Waals surface area contributed by atoms with Gasteiger partial charge in [-0.1, -0.05) is 15.9 Å². The molecule has 0 N–H and O–H groups in total. The topological polar surface area (TPSA) is 37.4 Å². The standard InChI is InChI=1S/C9H20BrNO2S/c1-9(2)11(6-4-5-10)7-8-14(3,12)13/h9H,4-8H2,1-3H3. The van der Waals surface area contributed by atoms with Gasteiger partial charge in [0.2, 0.25) is 0 Å². The van der Waals surface area contributed by atoms with E-state index in [0.29, 0.717) is 12.6 Å². The Kier molecular flexibility index (Phi) is 6.99. The first kappa shape index (κ1) is 14.4. The van der Waals surface area contributed by atoms with E-state index in [1.807, 2.05) is 0 Å². The Bertz CT molecular complexity index is 239. The Morgan fingerprint density at radius 2 is 1.86 bits per heavy atom. The molecule has 0 radical (unpaired) electrons. The average molecular weight is 286 g/mol. The van der Waals surface area contributed by atoms with E-state index in [9.17, 15) is 8.42 Å². The van der Waals surface area contributed by atoms with Gasteiger partial charge in [-0.05, 0) is 26.8 Å². The van der Waals surface area contributed by atoms with Crippen LogP contribution in [-0.2, 0) is 9.84 Å². The second kappa shape index (κ2) is 6.80. The van der Waals surface area contributed by atoms with Crippen LogP contribution in [0.5, 0.6) is 0 Å². The third-order valence-electron chi connectivity index (χ3n) is 2.06. The first-order valence-corrected chi connectivity index (χ1v) is 8.02. The number of sulfone groups is 1. The van der Waals surface area contributed by atoms with Crippen LogP contribution in [0.15, 0.2) is 0 Å². The molecule has 14 heavy (non-hydrogen) atoms. The molecule has 0 rings (SSSR count). The Morgan fingerprint density at radius 3 is 2.21 bits per heavy atom. The minimum Gasteiger partial charge on any atom is -0.300 e.